The van der Waals surface area contributed by atoms with Crippen LogP contribution in [0.1, 0.15) is 16.7 Å². The van der Waals surface area contributed by atoms with Crippen LogP contribution in [0.15, 0.2) is 72.2 Å². The fourth-order valence-corrected chi connectivity index (χ4v) is 3.37. The Balaban J connectivity index is 1.46. The highest BCUT2D eigenvalue weighted by molar-refractivity contribution is 6.33. The number of hydrogen-bond acceptors (Lipinski definition) is 4. The lowest BCUT2D eigenvalue weighted by molar-refractivity contribution is 0.796. The van der Waals surface area contributed by atoms with Gasteiger partial charge in [0.1, 0.15) is 5.02 Å². The minimum absolute atomic E-state index is 0.0819. The Morgan fingerprint density at radius 2 is 1.83 bits per heavy atom. The summed E-state index contributed by atoms with van der Waals surface area (Å²) in [5.74, 6) is 0. The van der Waals surface area contributed by atoms with E-state index in [-0.39, 0.29) is 5.02 Å². The number of halogens is 2. The van der Waals surface area contributed by atoms with Gasteiger partial charge in [0.15, 0.2) is 0 Å². The van der Waals surface area contributed by atoms with Gasteiger partial charge in [-0.25, -0.2) is 4.98 Å². The average Bonchev–Trinajstić information content (AvgIpc) is 3.25. The zero-order chi connectivity index (χ0) is 21.1. The highest BCUT2D eigenvalue weighted by Gasteiger charge is 2.11. The van der Waals surface area contributed by atoms with Crippen LogP contribution in [0.2, 0.25) is 10.0 Å². The molecule has 4 aromatic rings. The SMILES string of the molecule is Cc1ccc(-n2ncc(NCc3ccc(Cn4ccnc4)cc3)c(Cl)c2=O)cc1Cl. The molecule has 0 aliphatic carbocycles. The standard InChI is InChI=1S/C22H19Cl2N5O/c1-15-2-7-18(10-19(15)23)29-22(30)21(24)20(12-27-29)26-11-16-3-5-17(6-4-16)13-28-9-8-25-14-28/h2-10,12,14,26H,11,13H2,1H3. The normalized spacial score (nSPS) is 10.9. The van der Waals surface area contributed by atoms with Crippen molar-refractivity contribution in [3.8, 4) is 5.69 Å². The maximum Gasteiger partial charge on any atom is 0.292 e. The second-order valence-corrected chi connectivity index (χ2v) is 7.71. The van der Waals surface area contributed by atoms with E-state index in [9.17, 15) is 4.79 Å². The van der Waals surface area contributed by atoms with Crippen molar-refractivity contribution in [3.63, 3.8) is 0 Å². The molecular weight excluding hydrogens is 421 g/mol. The molecule has 0 amide bonds. The lowest BCUT2D eigenvalue weighted by Crippen LogP contribution is -2.22. The molecule has 2 aromatic carbocycles. The third-order valence-corrected chi connectivity index (χ3v) is 5.52. The monoisotopic (exact) mass is 439 g/mol. The summed E-state index contributed by atoms with van der Waals surface area (Å²) < 4.78 is 3.25. The number of nitrogens with zero attached hydrogens (tertiary/aromatic N) is 4. The summed E-state index contributed by atoms with van der Waals surface area (Å²) in [6, 6.07) is 13.5. The van der Waals surface area contributed by atoms with Crippen LogP contribution < -0.4 is 10.9 Å². The Bertz CT molecular complexity index is 1220. The molecule has 4 rings (SSSR count). The van der Waals surface area contributed by atoms with Crippen molar-refractivity contribution in [2.75, 3.05) is 5.32 Å². The summed E-state index contributed by atoms with van der Waals surface area (Å²) in [4.78, 5) is 16.7. The van der Waals surface area contributed by atoms with Crippen LogP contribution >= 0.6 is 23.2 Å². The van der Waals surface area contributed by atoms with Crippen molar-refractivity contribution in [3.05, 3.63) is 104 Å². The van der Waals surface area contributed by atoms with Crippen LogP contribution in [0, 0.1) is 6.92 Å². The van der Waals surface area contributed by atoms with E-state index in [4.69, 9.17) is 23.2 Å². The zero-order valence-electron chi connectivity index (χ0n) is 16.2. The molecule has 0 radical (unpaired) electrons. The van der Waals surface area contributed by atoms with E-state index in [0.29, 0.717) is 22.9 Å². The van der Waals surface area contributed by atoms with Crippen molar-refractivity contribution in [1.82, 2.24) is 19.3 Å². The average molecular weight is 440 g/mol. The Morgan fingerprint density at radius 3 is 2.53 bits per heavy atom. The quantitative estimate of drug-likeness (QED) is 0.472. The van der Waals surface area contributed by atoms with Gasteiger partial charge in [-0.15, -0.1) is 0 Å². The molecule has 2 heterocycles. The molecule has 30 heavy (non-hydrogen) atoms. The Hall–Kier alpha value is -3.09. The third kappa shape index (κ3) is 4.40. The van der Waals surface area contributed by atoms with Gasteiger partial charge >= 0.3 is 0 Å². The van der Waals surface area contributed by atoms with E-state index < -0.39 is 5.56 Å². The van der Waals surface area contributed by atoms with Gasteiger partial charge in [0.25, 0.3) is 5.56 Å². The summed E-state index contributed by atoms with van der Waals surface area (Å²) in [6.45, 7) is 3.18. The molecule has 0 spiro atoms. The summed E-state index contributed by atoms with van der Waals surface area (Å²) in [7, 11) is 0. The maximum absolute atomic E-state index is 12.7. The fourth-order valence-electron chi connectivity index (χ4n) is 3.00. The maximum atomic E-state index is 12.7. The van der Waals surface area contributed by atoms with Gasteiger partial charge in [0.05, 0.1) is 23.9 Å². The molecule has 152 valence electrons. The van der Waals surface area contributed by atoms with Crippen molar-refractivity contribution in [2.24, 2.45) is 0 Å². The molecule has 1 N–H and O–H groups in total. The largest absolute Gasteiger partial charge is 0.378 e. The molecule has 0 aliphatic rings. The fraction of sp³-hybridized carbons (Fsp3) is 0.136. The van der Waals surface area contributed by atoms with Crippen LogP contribution in [-0.2, 0) is 13.1 Å². The molecule has 8 heteroatoms. The first-order valence-corrected chi connectivity index (χ1v) is 10.1. The number of imidazole rings is 1. The number of anilines is 1. The summed E-state index contributed by atoms with van der Waals surface area (Å²) in [6.07, 6.45) is 7.02. The molecule has 0 bridgehead atoms. The summed E-state index contributed by atoms with van der Waals surface area (Å²) in [5, 5.41) is 8.07. The van der Waals surface area contributed by atoms with Crippen LogP contribution in [0.3, 0.4) is 0 Å². The minimum atomic E-state index is -0.405. The number of nitrogens with one attached hydrogen (secondary N) is 1. The summed E-state index contributed by atoms with van der Waals surface area (Å²) in [5.41, 5.74) is 3.81. The van der Waals surface area contributed by atoms with E-state index >= 15 is 0 Å². The van der Waals surface area contributed by atoms with E-state index in [1.807, 2.05) is 35.9 Å². The third-order valence-electron chi connectivity index (χ3n) is 4.75. The van der Waals surface area contributed by atoms with Crippen molar-refractivity contribution in [2.45, 2.75) is 20.0 Å². The van der Waals surface area contributed by atoms with Crippen LogP contribution in [0.25, 0.3) is 5.69 Å². The van der Waals surface area contributed by atoms with Crippen molar-refractivity contribution in [1.29, 1.82) is 0 Å². The molecular formula is C22H19Cl2N5O. The first-order chi connectivity index (χ1) is 14.5. The lowest BCUT2D eigenvalue weighted by Gasteiger charge is -2.11. The first kappa shape index (κ1) is 20.2. The molecule has 0 saturated heterocycles. The van der Waals surface area contributed by atoms with Gasteiger partial charge in [-0.05, 0) is 35.7 Å². The molecule has 2 aromatic heterocycles. The second-order valence-electron chi connectivity index (χ2n) is 6.93. The number of aryl methyl sites for hydroxylation is 1. The Labute approximate surface area is 183 Å². The van der Waals surface area contributed by atoms with Crippen molar-refractivity contribution >= 4 is 28.9 Å². The van der Waals surface area contributed by atoms with Gasteiger partial charge < -0.3 is 9.88 Å². The van der Waals surface area contributed by atoms with E-state index in [2.05, 4.69) is 27.5 Å². The smallest absolute Gasteiger partial charge is 0.292 e. The van der Waals surface area contributed by atoms with Gasteiger partial charge in [0, 0.05) is 30.5 Å². The Kier molecular flexibility index (Phi) is 5.88. The van der Waals surface area contributed by atoms with Crippen molar-refractivity contribution < 1.29 is 0 Å². The second kappa shape index (κ2) is 8.73. The van der Waals surface area contributed by atoms with Gasteiger partial charge in [-0.1, -0.05) is 53.5 Å². The molecule has 0 aliphatic heterocycles. The lowest BCUT2D eigenvalue weighted by atomic mass is 10.1. The van der Waals surface area contributed by atoms with E-state index in [0.717, 1.165) is 17.7 Å². The number of rotatable bonds is 6. The van der Waals surface area contributed by atoms with Gasteiger partial charge in [-0.3, -0.25) is 4.79 Å². The topological polar surface area (TPSA) is 64.7 Å². The summed E-state index contributed by atoms with van der Waals surface area (Å²) >= 11 is 12.5. The zero-order valence-corrected chi connectivity index (χ0v) is 17.7. The molecule has 0 saturated carbocycles. The first-order valence-electron chi connectivity index (χ1n) is 9.33. The van der Waals surface area contributed by atoms with Crippen LogP contribution in [-0.4, -0.2) is 19.3 Å². The van der Waals surface area contributed by atoms with Gasteiger partial charge in [0.2, 0.25) is 0 Å². The number of aromatic nitrogens is 4. The van der Waals surface area contributed by atoms with Gasteiger partial charge in [-0.2, -0.15) is 9.78 Å². The van der Waals surface area contributed by atoms with Crippen LogP contribution in [0.5, 0.6) is 0 Å². The van der Waals surface area contributed by atoms with Crippen LogP contribution in [0.4, 0.5) is 5.69 Å². The molecule has 6 nitrogen and oxygen atoms in total. The predicted molar refractivity (Wildman–Crippen MR) is 120 cm³/mol. The van der Waals surface area contributed by atoms with E-state index in [1.165, 1.54) is 10.2 Å². The number of benzene rings is 2. The highest BCUT2D eigenvalue weighted by atomic mass is 35.5. The predicted octanol–water partition coefficient (Wildman–Crippen LogP) is 4.70. The van der Waals surface area contributed by atoms with E-state index in [1.54, 1.807) is 30.9 Å². The molecule has 0 unspecified atom stereocenters. The highest BCUT2D eigenvalue weighted by Crippen LogP contribution is 2.21. The number of hydrogen-bond donors (Lipinski definition) is 1. The minimum Gasteiger partial charge on any atom is -0.378 e. The Morgan fingerprint density at radius 1 is 1.07 bits per heavy atom. The molecule has 0 atom stereocenters. The molecule has 0 fully saturated rings.